The van der Waals surface area contributed by atoms with Crippen LogP contribution in [0.25, 0.3) is 0 Å². The topological polar surface area (TPSA) is 194 Å². The molecule has 2 aromatic rings. The summed E-state index contributed by atoms with van der Waals surface area (Å²) in [4.78, 5) is 73.3. The quantitative estimate of drug-likeness (QED) is 0.129. The van der Waals surface area contributed by atoms with E-state index in [1.807, 2.05) is 12.1 Å². The van der Waals surface area contributed by atoms with Crippen molar-refractivity contribution in [3.8, 4) is 5.75 Å². The number of aromatic nitrogens is 1. The van der Waals surface area contributed by atoms with E-state index in [1.165, 1.54) is 24.7 Å². The van der Waals surface area contributed by atoms with Gasteiger partial charge >= 0.3 is 18.2 Å². The Morgan fingerprint density at radius 1 is 0.909 bits per heavy atom. The lowest BCUT2D eigenvalue weighted by atomic mass is 9.83. The first kappa shape index (κ1) is 42.8. The van der Waals surface area contributed by atoms with Crippen LogP contribution in [0.5, 0.6) is 5.75 Å². The number of urea groups is 2. The smallest absolute Gasteiger partial charge is 0.407 e. The molecule has 1 aromatic heterocycles. The van der Waals surface area contributed by atoms with Crippen molar-refractivity contribution in [3.63, 3.8) is 0 Å². The molecule has 4 radical (unpaired) electrons. The fourth-order valence-electron chi connectivity index (χ4n) is 6.83. The molecule has 2 fully saturated rings. The van der Waals surface area contributed by atoms with E-state index in [2.05, 4.69) is 31.6 Å². The number of likely N-dealkylation sites (tertiary alicyclic amines) is 2. The Morgan fingerprint density at radius 3 is 2.13 bits per heavy atom. The number of carbonyl (C=O) groups excluding carboxylic acids is 5. The van der Waals surface area contributed by atoms with Gasteiger partial charge in [-0.2, -0.15) is 0 Å². The summed E-state index contributed by atoms with van der Waals surface area (Å²) in [5.74, 6) is -0.794. The first-order chi connectivity index (χ1) is 26.1. The van der Waals surface area contributed by atoms with Crippen LogP contribution >= 0.6 is 0 Å². The van der Waals surface area contributed by atoms with Crippen molar-refractivity contribution in [3.05, 3.63) is 47.8 Å². The fourth-order valence-corrected chi connectivity index (χ4v) is 6.83. The van der Waals surface area contributed by atoms with Crippen molar-refractivity contribution < 1.29 is 33.8 Å². The van der Waals surface area contributed by atoms with E-state index in [-0.39, 0.29) is 53.4 Å². The van der Waals surface area contributed by atoms with Crippen LogP contribution in [0.3, 0.4) is 0 Å². The molecule has 1 unspecified atom stereocenters. The summed E-state index contributed by atoms with van der Waals surface area (Å²) < 4.78 is 5.32. The third kappa shape index (κ3) is 13.4. The van der Waals surface area contributed by atoms with Crippen LogP contribution in [-0.2, 0) is 20.7 Å². The molecular formula is C38H54B2N8O7. The second-order valence-corrected chi connectivity index (χ2v) is 15.2. The first-order valence-electron chi connectivity index (χ1n) is 19.0. The number of alkyl carbamates (subject to hydrolysis) is 1. The molecule has 2 saturated heterocycles. The maximum absolute atomic E-state index is 14.2. The Labute approximate surface area is 326 Å². The van der Waals surface area contributed by atoms with E-state index in [9.17, 15) is 29.1 Å². The van der Waals surface area contributed by atoms with Crippen LogP contribution in [0.2, 0.25) is 0 Å². The molecule has 6 N–H and O–H groups in total. The number of hydrogen-bond donors (Lipinski definition) is 6. The van der Waals surface area contributed by atoms with Crippen molar-refractivity contribution in [2.24, 2.45) is 0 Å². The minimum atomic E-state index is -1.14. The number of nitrogens with one attached hydrogen (secondary N) is 5. The molecule has 17 heteroatoms. The zero-order chi connectivity index (χ0) is 40.1. The monoisotopic (exact) mass is 756 g/mol. The highest BCUT2D eigenvalue weighted by atomic mass is 16.6. The summed E-state index contributed by atoms with van der Waals surface area (Å²) in [7, 11) is 13.5. The molecule has 0 saturated carbocycles. The van der Waals surface area contributed by atoms with Gasteiger partial charge in [0.05, 0.1) is 0 Å². The molecule has 0 bridgehead atoms. The van der Waals surface area contributed by atoms with E-state index in [1.54, 1.807) is 43.0 Å². The molecule has 1 aromatic carbocycles. The largest absolute Gasteiger partial charge is 0.509 e. The average molecular weight is 757 g/mol. The highest BCUT2D eigenvalue weighted by molar-refractivity contribution is 6.41. The highest BCUT2D eigenvalue weighted by Gasteiger charge is 2.33. The number of benzene rings is 1. The van der Waals surface area contributed by atoms with Gasteiger partial charge in [-0.15, -0.1) is 0 Å². The minimum Gasteiger partial charge on any atom is -0.509 e. The van der Waals surface area contributed by atoms with Gasteiger partial charge < -0.3 is 46.2 Å². The van der Waals surface area contributed by atoms with Crippen LogP contribution < -0.4 is 37.5 Å². The van der Waals surface area contributed by atoms with Gasteiger partial charge in [0.1, 0.15) is 39.1 Å². The molecule has 15 nitrogen and oxygen atoms in total. The molecule has 2 aliphatic heterocycles. The van der Waals surface area contributed by atoms with Crippen LogP contribution in [0.15, 0.2) is 36.7 Å². The zero-order valence-electron chi connectivity index (χ0n) is 32.4. The number of phenolic OH excluding ortho intramolecular Hbond substituents is 1. The fraction of sp³-hybridized carbons (Fsp3) is 0.579. The number of rotatable bonds is 13. The standard InChI is InChI=1S/C38H54B2N8O7/c1-38(2,3)55-37(54)43-14-6-5-7-30(34(51)47-17-10-26(11-18-47)25-8-15-42-16-9-25)45-33(50)31(23-24-21-28(39)32(49)29(40)22-24)46-36(53)48-19-12-27(13-20-48)44-35(52)41-4/h8-9,15-16,21-22,26-27,30-31,49H,5-7,10-14,17-20,23H2,1-4H3,(H,43,54)(H,45,50)(H,46,53)(H2,41,44,52)/t30?,31-/m1/s1. The molecule has 4 rings (SSSR count). The summed E-state index contributed by atoms with van der Waals surface area (Å²) in [6, 6.07) is 4.02. The molecule has 3 heterocycles. The number of aromatic hydroxyl groups is 1. The molecular weight excluding hydrogens is 702 g/mol. The molecule has 294 valence electrons. The van der Waals surface area contributed by atoms with E-state index in [0.29, 0.717) is 64.0 Å². The number of piperidine rings is 2. The Hall–Kier alpha value is -4.95. The normalized spacial score (nSPS) is 16.4. The second-order valence-electron chi connectivity index (χ2n) is 15.2. The summed E-state index contributed by atoms with van der Waals surface area (Å²) in [6.45, 7) is 7.37. The summed E-state index contributed by atoms with van der Waals surface area (Å²) >= 11 is 0. The zero-order valence-corrected chi connectivity index (χ0v) is 32.4. The molecule has 0 aliphatic carbocycles. The van der Waals surface area contributed by atoms with E-state index >= 15 is 0 Å². The van der Waals surface area contributed by atoms with Gasteiger partial charge in [0.2, 0.25) is 11.8 Å². The van der Waals surface area contributed by atoms with Crippen LogP contribution in [0.4, 0.5) is 14.4 Å². The van der Waals surface area contributed by atoms with Crippen LogP contribution in [0.1, 0.15) is 82.8 Å². The third-order valence-electron chi connectivity index (χ3n) is 9.81. The van der Waals surface area contributed by atoms with Crippen molar-refractivity contribution in [2.45, 2.75) is 102 Å². The number of amides is 7. The molecule has 7 amide bonds. The molecule has 2 atom stereocenters. The number of carbonyl (C=O) groups is 5. The van der Waals surface area contributed by atoms with Crippen molar-refractivity contribution in [1.29, 1.82) is 0 Å². The average Bonchev–Trinajstić information content (AvgIpc) is 3.15. The number of pyridine rings is 1. The number of ether oxygens (including phenoxy) is 1. The Morgan fingerprint density at radius 2 is 1.53 bits per heavy atom. The summed E-state index contributed by atoms with van der Waals surface area (Å²) in [5.41, 5.74) is 1.07. The van der Waals surface area contributed by atoms with Crippen molar-refractivity contribution in [1.82, 2.24) is 41.4 Å². The van der Waals surface area contributed by atoms with Crippen molar-refractivity contribution >= 4 is 56.6 Å². The van der Waals surface area contributed by atoms with Crippen molar-refractivity contribution in [2.75, 3.05) is 39.8 Å². The third-order valence-corrected chi connectivity index (χ3v) is 9.81. The molecule has 2 aliphatic rings. The van der Waals surface area contributed by atoms with Gasteiger partial charge in [0, 0.05) is 64.6 Å². The van der Waals surface area contributed by atoms with Gasteiger partial charge in [-0.05, 0) is 94.9 Å². The SMILES string of the molecule is [B]c1cc(C[C@@H](NC(=O)N2CCC(NC(=O)NC)CC2)C(=O)NC(CCCCNC(=O)OC(C)(C)C)C(=O)N2CCC(c3ccncc3)CC2)cc([B])c1O. The van der Waals surface area contributed by atoms with Gasteiger partial charge in [0.25, 0.3) is 0 Å². The van der Waals surface area contributed by atoms with Gasteiger partial charge in [0.15, 0.2) is 0 Å². The van der Waals surface area contributed by atoms with E-state index in [0.717, 1.165) is 12.8 Å². The number of phenols is 1. The minimum absolute atomic E-state index is 0.0226. The second kappa shape index (κ2) is 20.1. The maximum Gasteiger partial charge on any atom is 0.407 e. The lowest BCUT2D eigenvalue weighted by molar-refractivity contribution is -0.138. The van der Waals surface area contributed by atoms with E-state index in [4.69, 9.17) is 20.4 Å². The highest BCUT2D eigenvalue weighted by Crippen LogP contribution is 2.28. The number of hydrogen-bond acceptors (Lipinski definition) is 8. The lowest BCUT2D eigenvalue weighted by Gasteiger charge is -2.35. The Bertz CT molecular complexity index is 1610. The van der Waals surface area contributed by atoms with Crippen LogP contribution in [-0.4, -0.2) is 129 Å². The lowest BCUT2D eigenvalue weighted by Crippen LogP contribution is -2.58. The predicted octanol–water partition coefficient (Wildman–Crippen LogP) is 0.975. The van der Waals surface area contributed by atoms with Gasteiger partial charge in [-0.3, -0.25) is 14.6 Å². The van der Waals surface area contributed by atoms with E-state index < -0.39 is 35.7 Å². The summed E-state index contributed by atoms with van der Waals surface area (Å²) in [5, 5.41) is 24.1. The predicted molar refractivity (Wildman–Crippen MR) is 210 cm³/mol. The first-order valence-corrected chi connectivity index (χ1v) is 19.0. The maximum atomic E-state index is 14.2. The van der Waals surface area contributed by atoms with Gasteiger partial charge in [-0.25, -0.2) is 14.4 Å². The Balaban J connectivity index is 1.48. The van der Waals surface area contributed by atoms with Crippen LogP contribution in [0, 0.1) is 0 Å². The number of nitrogens with zero attached hydrogens (tertiary/aromatic N) is 3. The Kier molecular flexibility index (Phi) is 15.6. The summed E-state index contributed by atoms with van der Waals surface area (Å²) in [6.07, 6.45) is 6.85. The molecule has 55 heavy (non-hydrogen) atoms. The number of unbranched alkanes of at least 4 members (excludes halogenated alkanes) is 1. The van der Waals surface area contributed by atoms with Gasteiger partial charge in [-0.1, -0.05) is 23.1 Å². The molecule has 0 spiro atoms.